The van der Waals surface area contributed by atoms with E-state index in [1.54, 1.807) is 0 Å². The lowest BCUT2D eigenvalue weighted by Crippen LogP contribution is -2.17. The highest BCUT2D eigenvalue weighted by Gasteiger charge is 2.06. The Morgan fingerprint density at radius 3 is 2.24 bits per heavy atom. The number of hydrogen-bond donors (Lipinski definition) is 1. The molecular formula is C19H25NO. The van der Waals surface area contributed by atoms with Gasteiger partial charge in [-0.1, -0.05) is 38.1 Å². The molecule has 2 aromatic carbocycles. The molecule has 1 atom stereocenters. The fraction of sp³-hybridized carbons (Fsp3) is 0.368. The molecule has 0 fully saturated rings. The predicted octanol–water partition coefficient (Wildman–Crippen LogP) is 4.80. The summed E-state index contributed by atoms with van der Waals surface area (Å²) in [5.74, 6) is 2.32. The number of ether oxygens (including phenoxy) is 1. The number of rotatable bonds is 5. The molecule has 0 amide bonds. The fourth-order valence-electron chi connectivity index (χ4n) is 2.30. The monoisotopic (exact) mass is 283 g/mol. The Morgan fingerprint density at radius 2 is 1.67 bits per heavy atom. The molecule has 0 saturated carbocycles. The molecule has 0 aliphatic carbocycles. The maximum absolute atomic E-state index is 6.03. The molecule has 2 nitrogen and oxygen atoms in total. The van der Waals surface area contributed by atoms with Gasteiger partial charge < -0.3 is 10.5 Å². The van der Waals surface area contributed by atoms with Gasteiger partial charge in [0, 0.05) is 6.04 Å². The van der Waals surface area contributed by atoms with Crippen LogP contribution in [0.25, 0.3) is 0 Å². The first-order valence-electron chi connectivity index (χ1n) is 7.58. The first-order chi connectivity index (χ1) is 9.95. The molecule has 0 aliphatic heterocycles. The lowest BCUT2D eigenvalue weighted by Gasteiger charge is -2.13. The molecule has 1 unspecified atom stereocenters. The molecule has 2 heteroatoms. The summed E-state index contributed by atoms with van der Waals surface area (Å²) in [6.45, 7) is 8.47. The zero-order valence-electron chi connectivity index (χ0n) is 13.4. The second kappa shape index (κ2) is 6.77. The SMILES string of the molecule is Cc1ccc(CC(C)N)cc1Oc1ccc(C(C)C)cc1. The Labute approximate surface area is 127 Å². The first-order valence-corrected chi connectivity index (χ1v) is 7.58. The van der Waals surface area contributed by atoms with Crippen molar-refractivity contribution in [2.75, 3.05) is 0 Å². The van der Waals surface area contributed by atoms with Crippen LogP contribution >= 0.6 is 0 Å². The number of hydrogen-bond acceptors (Lipinski definition) is 2. The lowest BCUT2D eigenvalue weighted by molar-refractivity contribution is 0.477. The predicted molar refractivity (Wildman–Crippen MR) is 89.1 cm³/mol. The average Bonchev–Trinajstić information content (AvgIpc) is 2.42. The van der Waals surface area contributed by atoms with E-state index < -0.39 is 0 Å². The van der Waals surface area contributed by atoms with E-state index in [-0.39, 0.29) is 6.04 Å². The summed E-state index contributed by atoms with van der Waals surface area (Å²) < 4.78 is 6.03. The van der Waals surface area contributed by atoms with Crippen LogP contribution in [-0.2, 0) is 6.42 Å². The summed E-state index contributed by atoms with van der Waals surface area (Å²) >= 11 is 0. The standard InChI is InChI=1S/C19H25NO/c1-13(2)17-7-9-18(10-8-17)21-19-12-16(11-15(4)20)6-5-14(19)3/h5-10,12-13,15H,11,20H2,1-4H3. The summed E-state index contributed by atoms with van der Waals surface area (Å²) in [5.41, 5.74) is 9.54. The van der Waals surface area contributed by atoms with Gasteiger partial charge in [-0.2, -0.15) is 0 Å². The van der Waals surface area contributed by atoms with Crippen LogP contribution in [-0.4, -0.2) is 6.04 Å². The van der Waals surface area contributed by atoms with E-state index in [4.69, 9.17) is 10.5 Å². The molecule has 0 radical (unpaired) electrons. The van der Waals surface area contributed by atoms with Gasteiger partial charge in [-0.25, -0.2) is 0 Å². The molecule has 2 rings (SSSR count). The van der Waals surface area contributed by atoms with Crippen LogP contribution < -0.4 is 10.5 Å². The molecule has 112 valence electrons. The summed E-state index contributed by atoms with van der Waals surface area (Å²) in [4.78, 5) is 0. The highest BCUT2D eigenvalue weighted by molar-refractivity contribution is 5.41. The molecule has 0 spiro atoms. The van der Waals surface area contributed by atoms with Crippen molar-refractivity contribution >= 4 is 0 Å². The number of aryl methyl sites for hydroxylation is 1. The van der Waals surface area contributed by atoms with Crippen molar-refractivity contribution in [3.05, 3.63) is 59.2 Å². The zero-order chi connectivity index (χ0) is 15.4. The van der Waals surface area contributed by atoms with Gasteiger partial charge in [-0.05, 0) is 61.1 Å². The Bertz CT molecular complexity index is 585. The largest absolute Gasteiger partial charge is 0.457 e. The third-order valence-electron chi connectivity index (χ3n) is 3.58. The van der Waals surface area contributed by atoms with Crippen molar-refractivity contribution in [2.24, 2.45) is 5.73 Å². The lowest BCUT2D eigenvalue weighted by atomic mass is 10.0. The van der Waals surface area contributed by atoms with Crippen LogP contribution in [0.2, 0.25) is 0 Å². The third-order valence-corrected chi connectivity index (χ3v) is 3.58. The molecule has 21 heavy (non-hydrogen) atoms. The average molecular weight is 283 g/mol. The summed E-state index contributed by atoms with van der Waals surface area (Å²) in [7, 11) is 0. The van der Waals surface area contributed by atoms with Gasteiger partial charge in [0.15, 0.2) is 0 Å². The van der Waals surface area contributed by atoms with Crippen molar-refractivity contribution in [3.8, 4) is 11.5 Å². The minimum atomic E-state index is 0.158. The Hall–Kier alpha value is -1.80. The van der Waals surface area contributed by atoms with Crippen molar-refractivity contribution in [1.29, 1.82) is 0 Å². The van der Waals surface area contributed by atoms with Crippen LogP contribution in [0.3, 0.4) is 0 Å². The van der Waals surface area contributed by atoms with Crippen LogP contribution in [0, 0.1) is 6.92 Å². The minimum Gasteiger partial charge on any atom is -0.457 e. The maximum Gasteiger partial charge on any atom is 0.130 e. The molecule has 0 saturated heterocycles. The summed E-state index contributed by atoms with van der Waals surface area (Å²) in [5, 5.41) is 0. The van der Waals surface area contributed by atoms with Gasteiger partial charge in [-0.3, -0.25) is 0 Å². The quantitative estimate of drug-likeness (QED) is 0.855. The Kier molecular flexibility index (Phi) is 5.03. The minimum absolute atomic E-state index is 0.158. The first kappa shape index (κ1) is 15.6. The van der Waals surface area contributed by atoms with E-state index in [0.29, 0.717) is 5.92 Å². The van der Waals surface area contributed by atoms with E-state index in [1.165, 1.54) is 11.1 Å². The van der Waals surface area contributed by atoms with Crippen LogP contribution in [0.1, 0.15) is 43.4 Å². The molecule has 2 N–H and O–H groups in total. The zero-order valence-corrected chi connectivity index (χ0v) is 13.4. The van der Waals surface area contributed by atoms with Gasteiger partial charge in [0.05, 0.1) is 0 Å². The van der Waals surface area contributed by atoms with E-state index >= 15 is 0 Å². The molecule has 0 heterocycles. The van der Waals surface area contributed by atoms with Gasteiger partial charge in [0.25, 0.3) is 0 Å². The second-order valence-corrected chi connectivity index (χ2v) is 6.11. The topological polar surface area (TPSA) is 35.2 Å². The van der Waals surface area contributed by atoms with Gasteiger partial charge >= 0.3 is 0 Å². The maximum atomic E-state index is 6.03. The Morgan fingerprint density at radius 1 is 1.00 bits per heavy atom. The molecule has 0 aromatic heterocycles. The van der Waals surface area contributed by atoms with Gasteiger partial charge in [0.2, 0.25) is 0 Å². The normalized spacial score (nSPS) is 12.5. The Balaban J connectivity index is 2.18. The smallest absolute Gasteiger partial charge is 0.130 e. The highest BCUT2D eigenvalue weighted by Crippen LogP contribution is 2.27. The molecule has 0 bridgehead atoms. The number of benzene rings is 2. The molecule has 0 aliphatic rings. The fourth-order valence-corrected chi connectivity index (χ4v) is 2.30. The summed E-state index contributed by atoms with van der Waals surface area (Å²) in [6.07, 6.45) is 0.864. The third kappa shape index (κ3) is 4.33. The van der Waals surface area contributed by atoms with Crippen LogP contribution in [0.4, 0.5) is 0 Å². The van der Waals surface area contributed by atoms with Crippen LogP contribution in [0.5, 0.6) is 11.5 Å². The highest BCUT2D eigenvalue weighted by atomic mass is 16.5. The van der Waals surface area contributed by atoms with Crippen molar-refractivity contribution in [2.45, 2.75) is 46.1 Å². The number of nitrogens with two attached hydrogens (primary N) is 1. The van der Waals surface area contributed by atoms with Crippen molar-refractivity contribution in [1.82, 2.24) is 0 Å². The van der Waals surface area contributed by atoms with Crippen LogP contribution in [0.15, 0.2) is 42.5 Å². The summed E-state index contributed by atoms with van der Waals surface area (Å²) in [6, 6.07) is 14.8. The van der Waals surface area contributed by atoms with E-state index in [1.807, 2.05) is 19.1 Å². The van der Waals surface area contributed by atoms with Crippen molar-refractivity contribution in [3.63, 3.8) is 0 Å². The van der Waals surface area contributed by atoms with E-state index in [0.717, 1.165) is 23.5 Å². The second-order valence-electron chi connectivity index (χ2n) is 6.11. The van der Waals surface area contributed by atoms with Gasteiger partial charge in [0.1, 0.15) is 11.5 Å². The molecule has 2 aromatic rings. The van der Waals surface area contributed by atoms with E-state index in [2.05, 4.69) is 51.1 Å². The van der Waals surface area contributed by atoms with Crippen molar-refractivity contribution < 1.29 is 4.74 Å². The molecular weight excluding hydrogens is 258 g/mol. The van der Waals surface area contributed by atoms with Gasteiger partial charge in [-0.15, -0.1) is 0 Å². The van der Waals surface area contributed by atoms with E-state index in [9.17, 15) is 0 Å².